The van der Waals surface area contributed by atoms with E-state index in [2.05, 4.69) is 26.1 Å². The molecule has 0 unspecified atom stereocenters. The maximum absolute atomic E-state index is 12.1. The number of carboxylic acid groups (broad SMARTS) is 1. The lowest BCUT2D eigenvalue weighted by Gasteiger charge is -2.62. The van der Waals surface area contributed by atoms with Crippen molar-refractivity contribution in [2.75, 3.05) is 6.54 Å². The highest BCUT2D eigenvalue weighted by Gasteiger charge is 2.63. The van der Waals surface area contributed by atoms with Gasteiger partial charge in [0.2, 0.25) is 5.91 Å². The largest absolute Gasteiger partial charge is 0.480 e. The van der Waals surface area contributed by atoms with Crippen LogP contribution in [0.25, 0.3) is 0 Å². The zero-order valence-electron chi connectivity index (χ0n) is 19.9. The van der Waals surface area contributed by atoms with Gasteiger partial charge in [-0.3, -0.25) is 14.4 Å². The van der Waals surface area contributed by atoms with Crippen LogP contribution in [0.4, 0.5) is 0 Å². The van der Waals surface area contributed by atoms with Gasteiger partial charge in [0.05, 0.1) is 6.10 Å². The maximum atomic E-state index is 12.1. The number of aliphatic carboxylic acids is 1. The number of rotatable bonds is 6. The molecule has 0 bridgehead atoms. The van der Waals surface area contributed by atoms with Gasteiger partial charge < -0.3 is 15.5 Å². The molecule has 0 heterocycles. The number of aliphatic hydroxyl groups excluding tert-OH is 1. The van der Waals surface area contributed by atoms with Crippen molar-refractivity contribution in [1.29, 1.82) is 0 Å². The second-order valence-corrected chi connectivity index (χ2v) is 11.9. The van der Waals surface area contributed by atoms with Crippen LogP contribution in [0, 0.1) is 46.3 Å². The minimum absolute atomic E-state index is 0.119. The lowest BCUT2D eigenvalue weighted by Crippen LogP contribution is -2.58. The van der Waals surface area contributed by atoms with Crippen LogP contribution in [0.3, 0.4) is 0 Å². The Morgan fingerprint density at radius 1 is 1.16 bits per heavy atom. The molecule has 0 spiro atoms. The quantitative estimate of drug-likeness (QED) is 0.575. The Bertz CT molecular complexity index is 767. The van der Waals surface area contributed by atoms with E-state index in [4.69, 9.17) is 5.11 Å². The SMILES string of the molecule is C[C@H](CCC(=O)NCC(=O)O)[C@H]1CC[C@H]2[C@@H]3CC[C@@H]4CC(=O)CC[C@]4(C)[C@H]3C[C@H](O)[C@]12C. The van der Waals surface area contributed by atoms with Crippen molar-refractivity contribution >= 4 is 17.7 Å². The molecule has 9 atom stereocenters. The second kappa shape index (κ2) is 8.73. The molecule has 4 saturated carbocycles. The summed E-state index contributed by atoms with van der Waals surface area (Å²) >= 11 is 0. The van der Waals surface area contributed by atoms with Crippen LogP contribution < -0.4 is 5.32 Å². The van der Waals surface area contributed by atoms with Crippen LogP contribution in [0.5, 0.6) is 0 Å². The van der Waals surface area contributed by atoms with Crippen molar-refractivity contribution in [3.8, 4) is 0 Å². The maximum Gasteiger partial charge on any atom is 0.322 e. The fraction of sp³-hybridized carbons (Fsp3) is 0.885. The molecule has 0 aromatic carbocycles. The van der Waals surface area contributed by atoms with Crippen molar-refractivity contribution in [1.82, 2.24) is 5.32 Å². The molecular weight excluding hydrogens is 406 g/mol. The van der Waals surface area contributed by atoms with E-state index < -0.39 is 5.97 Å². The van der Waals surface area contributed by atoms with Crippen LogP contribution in [0.1, 0.15) is 85.0 Å². The number of hydrogen-bond donors (Lipinski definition) is 3. The number of ketones is 1. The lowest BCUT2D eigenvalue weighted by molar-refractivity contribution is -0.170. The number of carbonyl (C=O) groups excluding carboxylic acids is 2. The first-order valence-electron chi connectivity index (χ1n) is 12.8. The van der Waals surface area contributed by atoms with Gasteiger partial charge in [0.25, 0.3) is 0 Å². The van der Waals surface area contributed by atoms with Gasteiger partial charge in [0, 0.05) is 19.3 Å². The molecule has 6 heteroatoms. The lowest BCUT2D eigenvalue weighted by atomic mass is 9.44. The highest BCUT2D eigenvalue weighted by molar-refractivity contribution is 5.81. The Labute approximate surface area is 191 Å². The first kappa shape index (κ1) is 23.7. The predicted octanol–water partition coefficient (Wildman–Crippen LogP) is 3.80. The van der Waals surface area contributed by atoms with E-state index in [-0.39, 0.29) is 29.4 Å². The molecule has 4 fully saturated rings. The Hall–Kier alpha value is -1.43. The number of carbonyl (C=O) groups is 3. The Kier molecular flexibility index (Phi) is 6.47. The van der Waals surface area contributed by atoms with Crippen molar-refractivity contribution < 1.29 is 24.6 Å². The summed E-state index contributed by atoms with van der Waals surface area (Å²) < 4.78 is 0. The highest BCUT2D eigenvalue weighted by Crippen LogP contribution is 2.68. The monoisotopic (exact) mass is 447 g/mol. The van der Waals surface area contributed by atoms with Gasteiger partial charge in [0.1, 0.15) is 12.3 Å². The summed E-state index contributed by atoms with van der Waals surface area (Å²) in [7, 11) is 0. The molecule has 0 saturated heterocycles. The zero-order valence-corrected chi connectivity index (χ0v) is 19.9. The molecule has 6 nitrogen and oxygen atoms in total. The van der Waals surface area contributed by atoms with Crippen LogP contribution >= 0.6 is 0 Å². The molecule has 0 aromatic rings. The Morgan fingerprint density at radius 3 is 2.62 bits per heavy atom. The van der Waals surface area contributed by atoms with E-state index in [0.29, 0.717) is 54.1 Å². The second-order valence-electron chi connectivity index (χ2n) is 11.9. The number of nitrogens with one attached hydrogen (secondary N) is 1. The average Bonchev–Trinajstić information content (AvgIpc) is 3.10. The highest BCUT2D eigenvalue weighted by atomic mass is 16.4. The van der Waals surface area contributed by atoms with E-state index in [0.717, 1.165) is 44.9 Å². The molecule has 4 rings (SSSR count). The van der Waals surface area contributed by atoms with Crippen molar-refractivity contribution in [3.05, 3.63) is 0 Å². The predicted molar refractivity (Wildman–Crippen MR) is 121 cm³/mol. The van der Waals surface area contributed by atoms with Crippen molar-refractivity contribution in [2.24, 2.45) is 46.3 Å². The molecule has 0 aromatic heterocycles. The molecule has 32 heavy (non-hydrogen) atoms. The van der Waals surface area contributed by atoms with E-state index in [1.807, 2.05) is 0 Å². The zero-order chi connectivity index (χ0) is 23.3. The summed E-state index contributed by atoms with van der Waals surface area (Å²) in [4.78, 5) is 34.8. The topological polar surface area (TPSA) is 104 Å². The summed E-state index contributed by atoms with van der Waals surface area (Å²) in [5, 5.41) is 22.8. The van der Waals surface area contributed by atoms with E-state index in [9.17, 15) is 19.5 Å². The third-order valence-corrected chi connectivity index (χ3v) is 10.6. The Balaban J connectivity index is 1.45. The van der Waals surface area contributed by atoms with Gasteiger partial charge >= 0.3 is 5.97 Å². The van der Waals surface area contributed by atoms with E-state index in [1.54, 1.807) is 0 Å². The number of fused-ring (bicyclic) bond motifs is 5. The van der Waals surface area contributed by atoms with Crippen molar-refractivity contribution in [2.45, 2.75) is 91.1 Å². The molecule has 180 valence electrons. The number of amides is 1. The molecule has 3 N–H and O–H groups in total. The summed E-state index contributed by atoms with van der Waals surface area (Å²) in [6.45, 7) is 6.58. The van der Waals surface area contributed by atoms with Crippen LogP contribution in [0.2, 0.25) is 0 Å². The fourth-order valence-corrected chi connectivity index (χ4v) is 8.79. The number of carboxylic acids is 1. The van der Waals surface area contributed by atoms with E-state index >= 15 is 0 Å². The standard InChI is InChI=1S/C26H41NO5/c1-15(4-9-23(30)27-14-24(31)32)19-7-8-20-18-6-5-16-12-17(28)10-11-25(16,2)21(18)13-22(29)26(19,20)3/h15-16,18-22,29H,4-14H2,1-3H3,(H,27,30)(H,31,32)/t15-,16-,18+,19-,20+,21+,22+,25+,26-/m1/s1. The van der Waals surface area contributed by atoms with Gasteiger partial charge in [-0.05, 0) is 91.3 Å². The molecule has 1 amide bonds. The molecule has 4 aliphatic carbocycles. The van der Waals surface area contributed by atoms with E-state index in [1.165, 1.54) is 6.42 Å². The minimum atomic E-state index is -1.02. The molecule has 0 aliphatic heterocycles. The van der Waals surface area contributed by atoms with Gasteiger partial charge in [-0.1, -0.05) is 20.8 Å². The minimum Gasteiger partial charge on any atom is -0.480 e. The smallest absolute Gasteiger partial charge is 0.322 e. The van der Waals surface area contributed by atoms with Crippen LogP contribution in [0.15, 0.2) is 0 Å². The average molecular weight is 448 g/mol. The third-order valence-electron chi connectivity index (χ3n) is 10.6. The normalized spacial score (nSPS) is 44.2. The van der Waals surface area contributed by atoms with Gasteiger partial charge in [-0.2, -0.15) is 0 Å². The number of hydrogen-bond acceptors (Lipinski definition) is 4. The third kappa shape index (κ3) is 3.91. The van der Waals surface area contributed by atoms with Gasteiger partial charge in [-0.25, -0.2) is 0 Å². The van der Waals surface area contributed by atoms with Crippen molar-refractivity contribution in [3.63, 3.8) is 0 Å². The Morgan fingerprint density at radius 2 is 1.91 bits per heavy atom. The summed E-state index contributed by atoms with van der Waals surface area (Å²) in [5.41, 5.74) is 0.0663. The first-order chi connectivity index (χ1) is 15.1. The number of aliphatic hydroxyl groups is 1. The van der Waals surface area contributed by atoms with Gasteiger partial charge in [0.15, 0.2) is 0 Å². The fourth-order valence-electron chi connectivity index (χ4n) is 8.79. The van der Waals surface area contributed by atoms with Crippen LogP contribution in [-0.2, 0) is 14.4 Å². The molecule has 4 aliphatic rings. The molecule has 0 radical (unpaired) electrons. The van der Waals surface area contributed by atoms with Crippen LogP contribution in [-0.4, -0.2) is 40.5 Å². The summed E-state index contributed by atoms with van der Waals surface area (Å²) in [6.07, 6.45) is 8.58. The summed E-state index contributed by atoms with van der Waals surface area (Å²) in [6, 6.07) is 0. The first-order valence-corrected chi connectivity index (χ1v) is 12.8. The number of Topliss-reactive ketones (excluding diaryl/α,β-unsaturated/α-hetero) is 1. The summed E-state index contributed by atoms with van der Waals surface area (Å²) in [5.74, 6) is 2.04. The molecular formula is C26H41NO5. The van der Waals surface area contributed by atoms with Gasteiger partial charge in [-0.15, -0.1) is 0 Å².